The van der Waals surface area contributed by atoms with E-state index in [0.29, 0.717) is 12.8 Å². The van der Waals surface area contributed by atoms with E-state index < -0.39 is 23.2 Å². The average molecular weight is 287 g/mol. The van der Waals surface area contributed by atoms with E-state index in [1.807, 2.05) is 0 Å². The molecule has 0 aliphatic carbocycles. The van der Waals surface area contributed by atoms with Gasteiger partial charge in [-0.2, -0.15) is 13.2 Å². The zero-order valence-corrected chi connectivity index (χ0v) is 10.9. The number of hydrogen-bond acceptors (Lipinski definition) is 2. The zero-order chi connectivity index (χ0) is 14.8. The normalized spacial score (nSPS) is 19.5. The molecule has 1 saturated heterocycles. The highest BCUT2D eigenvalue weighted by atomic mass is 19.4. The molecular weight excluding hydrogens is 271 g/mol. The van der Waals surface area contributed by atoms with Crippen molar-refractivity contribution in [3.8, 4) is 0 Å². The molecule has 0 saturated carbocycles. The molecule has 20 heavy (non-hydrogen) atoms. The monoisotopic (exact) mass is 287 g/mol. The molecule has 1 atom stereocenters. The number of amides is 1. The quantitative estimate of drug-likeness (QED) is 0.907. The van der Waals surface area contributed by atoms with Crippen LogP contribution < -0.4 is 0 Å². The van der Waals surface area contributed by atoms with Crippen LogP contribution in [0.4, 0.5) is 13.2 Å². The molecule has 1 amide bonds. The lowest BCUT2D eigenvalue weighted by Crippen LogP contribution is -2.56. The Hall–Kier alpha value is -1.56. The number of nitrogens with zero attached hydrogens (tertiary/aromatic N) is 1. The number of hydrogen-bond donors (Lipinski definition) is 1. The van der Waals surface area contributed by atoms with Gasteiger partial charge < -0.3 is 10.0 Å². The Morgan fingerprint density at radius 1 is 1.05 bits per heavy atom. The topological polar surface area (TPSA) is 40.5 Å². The highest BCUT2D eigenvalue weighted by Crippen LogP contribution is 2.40. The van der Waals surface area contributed by atoms with E-state index in [2.05, 4.69) is 0 Å². The third kappa shape index (κ3) is 2.52. The van der Waals surface area contributed by atoms with Crippen molar-refractivity contribution in [2.75, 3.05) is 13.1 Å². The molecule has 1 aliphatic rings. The Morgan fingerprint density at radius 2 is 1.60 bits per heavy atom. The molecule has 0 spiro atoms. The van der Waals surface area contributed by atoms with Crippen LogP contribution in [0.2, 0.25) is 0 Å². The van der Waals surface area contributed by atoms with Crippen molar-refractivity contribution < 1.29 is 23.1 Å². The van der Waals surface area contributed by atoms with Crippen LogP contribution in [0.3, 0.4) is 0 Å². The Kier molecular flexibility index (Phi) is 4.04. The van der Waals surface area contributed by atoms with E-state index >= 15 is 0 Å². The number of halogens is 3. The van der Waals surface area contributed by atoms with E-state index in [9.17, 15) is 23.1 Å². The lowest BCUT2D eigenvalue weighted by molar-refractivity contribution is -0.262. The molecule has 1 aliphatic heterocycles. The summed E-state index contributed by atoms with van der Waals surface area (Å²) in [5, 5.41) is 10.1. The zero-order valence-electron chi connectivity index (χ0n) is 10.9. The van der Waals surface area contributed by atoms with Crippen molar-refractivity contribution in [3.63, 3.8) is 0 Å². The van der Waals surface area contributed by atoms with Crippen LogP contribution in [-0.2, 0) is 10.4 Å². The SMILES string of the molecule is O=C(N1CCCCC1)C(O)(c1ccccc1)C(F)(F)F. The van der Waals surface area contributed by atoms with Gasteiger partial charge in [0.25, 0.3) is 11.5 Å². The molecule has 110 valence electrons. The molecule has 1 fully saturated rings. The average Bonchev–Trinajstić information content (AvgIpc) is 2.46. The van der Waals surface area contributed by atoms with Gasteiger partial charge in [-0.25, -0.2) is 0 Å². The maximum Gasteiger partial charge on any atom is 0.430 e. The summed E-state index contributed by atoms with van der Waals surface area (Å²) < 4.78 is 39.9. The molecule has 2 rings (SSSR count). The van der Waals surface area contributed by atoms with Crippen molar-refractivity contribution >= 4 is 5.91 Å². The van der Waals surface area contributed by atoms with E-state index in [1.54, 1.807) is 0 Å². The summed E-state index contributed by atoms with van der Waals surface area (Å²) in [6.07, 6.45) is -2.84. The third-order valence-electron chi connectivity index (χ3n) is 3.55. The van der Waals surface area contributed by atoms with Gasteiger partial charge in [0, 0.05) is 18.7 Å². The molecule has 0 aromatic heterocycles. The number of carbonyl (C=O) groups is 1. The Balaban J connectivity index is 2.40. The molecule has 0 bridgehead atoms. The Labute approximate surface area is 115 Å². The van der Waals surface area contributed by atoms with Crippen LogP contribution in [0.1, 0.15) is 24.8 Å². The maximum absolute atomic E-state index is 13.3. The first-order valence-electron chi connectivity index (χ1n) is 6.51. The number of alkyl halides is 3. The standard InChI is InChI=1S/C14H16F3NO2/c15-14(16,17)13(20,11-7-3-1-4-8-11)12(19)18-9-5-2-6-10-18/h1,3-4,7-8,20H,2,5-6,9-10H2. The summed E-state index contributed by atoms with van der Waals surface area (Å²) in [7, 11) is 0. The highest BCUT2D eigenvalue weighted by molar-refractivity contribution is 5.87. The third-order valence-corrected chi connectivity index (χ3v) is 3.55. The fourth-order valence-corrected chi connectivity index (χ4v) is 2.41. The van der Waals surface area contributed by atoms with Gasteiger partial charge in [0.1, 0.15) is 0 Å². The summed E-state index contributed by atoms with van der Waals surface area (Å²) in [6, 6.07) is 6.52. The molecule has 6 heteroatoms. The minimum atomic E-state index is -5.05. The van der Waals surface area contributed by atoms with E-state index in [0.717, 1.165) is 23.5 Å². The van der Waals surface area contributed by atoms with Crippen LogP contribution >= 0.6 is 0 Å². The molecule has 1 unspecified atom stereocenters. The molecule has 1 heterocycles. The van der Waals surface area contributed by atoms with Crippen LogP contribution in [-0.4, -0.2) is 35.2 Å². The first-order valence-corrected chi connectivity index (χ1v) is 6.51. The second-order valence-electron chi connectivity index (χ2n) is 4.93. The predicted molar refractivity (Wildman–Crippen MR) is 66.8 cm³/mol. The van der Waals surface area contributed by atoms with E-state index in [1.165, 1.54) is 18.2 Å². The highest BCUT2D eigenvalue weighted by Gasteiger charge is 2.61. The minimum absolute atomic E-state index is 0.254. The summed E-state index contributed by atoms with van der Waals surface area (Å²) in [6.45, 7) is 0.508. The molecule has 0 radical (unpaired) electrons. The van der Waals surface area contributed by atoms with Gasteiger partial charge in [0.05, 0.1) is 0 Å². The Morgan fingerprint density at radius 3 is 2.10 bits per heavy atom. The molecular formula is C14H16F3NO2. The van der Waals surface area contributed by atoms with Crippen molar-refractivity contribution in [2.45, 2.75) is 31.0 Å². The fourth-order valence-electron chi connectivity index (χ4n) is 2.41. The molecule has 3 nitrogen and oxygen atoms in total. The molecule has 1 N–H and O–H groups in total. The van der Waals surface area contributed by atoms with Crippen LogP contribution in [0.25, 0.3) is 0 Å². The van der Waals surface area contributed by atoms with Crippen LogP contribution in [0, 0.1) is 0 Å². The number of benzene rings is 1. The first-order chi connectivity index (χ1) is 9.37. The van der Waals surface area contributed by atoms with Gasteiger partial charge in [-0.05, 0) is 19.3 Å². The second-order valence-corrected chi connectivity index (χ2v) is 4.93. The number of rotatable bonds is 2. The second kappa shape index (κ2) is 5.44. The van der Waals surface area contributed by atoms with Gasteiger partial charge >= 0.3 is 6.18 Å². The smallest absolute Gasteiger partial charge is 0.369 e. The molecule has 1 aromatic carbocycles. The number of carbonyl (C=O) groups excluding carboxylic acids is 1. The number of likely N-dealkylation sites (tertiary alicyclic amines) is 1. The van der Waals surface area contributed by atoms with Crippen LogP contribution in [0.15, 0.2) is 30.3 Å². The van der Waals surface area contributed by atoms with Gasteiger partial charge in [-0.3, -0.25) is 4.79 Å². The fraction of sp³-hybridized carbons (Fsp3) is 0.500. The van der Waals surface area contributed by atoms with Crippen molar-refractivity contribution in [1.82, 2.24) is 4.90 Å². The van der Waals surface area contributed by atoms with E-state index in [-0.39, 0.29) is 13.1 Å². The minimum Gasteiger partial charge on any atom is -0.369 e. The van der Waals surface area contributed by atoms with E-state index in [4.69, 9.17) is 0 Å². The van der Waals surface area contributed by atoms with Gasteiger partial charge in [0.2, 0.25) is 0 Å². The number of piperidine rings is 1. The van der Waals surface area contributed by atoms with Gasteiger partial charge in [-0.1, -0.05) is 30.3 Å². The van der Waals surface area contributed by atoms with Crippen LogP contribution in [0.5, 0.6) is 0 Å². The lowest BCUT2D eigenvalue weighted by Gasteiger charge is -2.36. The number of aliphatic hydroxyl groups is 1. The largest absolute Gasteiger partial charge is 0.430 e. The lowest BCUT2D eigenvalue weighted by atomic mass is 9.90. The summed E-state index contributed by atoms with van der Waals surface area (Å²) in [4.78, 5) is 13.3. The first kappa shape index (κ1) is 14.8. The van der Waals surface area contributed by atoms with Gasteiger partial charge in [0.15, 0.2) is 0 Å². The Bertz CT molecular complexity index is 469. The summed E-state index contributed by atoms with van der Waals surface area (Å²) in [5.41, 5.74) is -3.91. The molecule has 1 aromatic rings. The van der Waals surface area contributed by atoms with Crippen molar-refractivity contribution in [1.29, 1.82) is 0 Å². The van der Waals surface area contributed by atoms with Gasteiger partial charge in [-0.15, -0.1) is 0 Å². The summed E-state index contributed by atoms with van der Waals surface area (Å²) in [5.74, 6) is -1.28. The summed E-state index contributed by atoms with van der Waals surface area (Å²) >= 11 is 0. The predicted octanol–water partition coefficient (Wildman–Crippen LogP) is 2.45. The maximum atomic E-state index is 13.3. The van der Waals surface area contributed by atoms with Crippen molar-refractivity contribution in [2.24, 2.45) is 0 Å². The van der Waals surface area contributed by atoms with Crippen molar-refractivity contribution in [3.05, 3.63) is 35.9 Å².